The maximum atomic E-state index is 14.0. The Bertz CT molecular complexity index is 935. The molecule has 0 aliphatic carbocycles. The molecule has 4 rings (SSSR count). The van der Waals surface area contributed by atoms with Crippen molar-refractivity contribution in [2.75, 3.05) is 26.2 Å². The molecule has 1 aliphatic rings. The molecule has 9 heteroatoms. The van der Waals surface area contributed by atoms with Crippen molar-refractivity contribution in [1.29, 1.82) is 0 Å². The molecule has 1 aliphatic heterocycles. The highest BCUT2D eigenvalue weighted by atomic mass is 35.5. The summed E-state index contributed by atoms with van der Waals surface area (Å²) >= 11 is 6.11. The first kappa shape index (κ1) is 18.5. The Morgan fingerprint density at radius 3 is 2.46 bits per heavy atom. The van der Waals surface area contributed by atoms with Crippen LogP contribution in [0.4, 0.5) is 4.39 Å². The lowest BCUT2D eigenvalue weighted by atomic mass is 10.1. The Kier molecular flexibility index (Phi) is 5.31. The normalized spacial score (nSPS) is 15.0. The summed E-state index contributed by atoms with van der Waals surface area (Å²) < 4.78 is 15.5. The minimum absolute atomic E-state index is 0.0214. The van der Waals surface area contributed by atoms with Gasteiger partial charge in [-0.15, -0.1) is 5.10 Å². The van der Waals surface area contributed by atoms with Crippen LogP contribution in [0.5, 0.6) is 0 Å². The Morgan fingerprint density at radius 2 is 1.82 bits per heavy atom. The van der Waals surface area contributed by atoms with Gasteiger partial charge in [0.1, 0.15) is 12.1 Å². The number of hydrogen-bond donors (Lipinski definition) is 0. The van der Waals surface area contributed by atoms with Crippen LogP contribution in [0, 0.1) is 5.82 Å². The molecule has 2 aromatic carbocycles. The maximum Gasteiger partial charge on any atom is 0.253 e. The molecule has 0 saturated carbocycles. The highest BCUT2D eigenvalue weighted by Gasteiger charge is 2.23. The fourth-order valence-corrected chi connectivity index (χ4v) is 3.46. The van der Waals surface area contributed by atoms with E-state index in [1.807, 2.05) is 4.90 Å². The Labute approximate surface area is 166 Å². The third kappa shape index (κ3) is 3.88. The molecule has 28 heavy (non-hydrogen) atoms. The zero-order valence-corrected chi connectivity index (χ0v) is 15.8. The van der Waals surface area contributed by atoms with Gasteiger partial charge < -0.3 is 4.90 Å². The fraction of sp³-hybridized carbons (Fsp3) is 0.263. The van der Waals surface area contributed by atoms with E-state index in [1.54, 1.807) is 36.4 Å². The zero-order chi connectivity index (χ0) is 19.5. The fourth-order valence-electron chi connectivity index (χ4n) is 3.23. The lowest BCUT2D eigenvalue weighted by Crippen LogP contribution is -2.48. The van der Waals surface area contributed by atoms with Gasteiger partial charge in [0, 0.05) is 48.9 Å². The first-order valence-corrected chi connectivity index (χ1v) is 9.27. The number of piperazine rings is 1. The molecule has 0 radical (unpaired) electrons. The summed E-state index contributed by atoms with van der Waals surface area (Å²) in [6, 6.07) is 11.9. The van der Waals surface area contributed by atoms with Crippen molar-refractivity contribution >= 4 is 17.5 Å². The SMILES string of the molecule is O=C(c1ccc(-n2cnnn2)cc1)N1CCN(Cc2c(F)cccc2Cl)CC1. The average molecular weight is 401 g/mol. The minimum Gasteiger partial charge on any atom is -0.336 e. The molecule has 144 valence electrons. The lowest BCUT2D eigenvalue weighted by Gasteiger charge is -2.35. The number of nitrogens with zero attached hydrogens (tertiary/aromatic N) is 6. The smallest absolute Gasteiger partial charge is 0.253 e. The number of benzene rings is 2. The van der Waals surface area contributed by atoms with E-state index < -0.39 is 0 Å². The number of carbonyl (C=O) groups excluding carboxylic acids is 1. The van der Waals surface area contributed by atoms with Crippen molar-refractivity contribution in [1.82, 2.24) is 30.0 Å². The monoisotopic (exact) mass is 400 g/mol. The Hall–Kier alpha value is -2.84. The van der Waals surface area contributed by atoms with Gasteiger partial charge in [0.25, 0.3) is 5.91 Å². The molecule has 2 heterocycles. The second kappa shape index (κ2) is 8.04. The van der Waals surface area contributed by atoms with Crippen LogP contribution in [-0.4, -0.2) is 62.1 Å². The third-order valence-corrected chi connectivity index (χ3v) is 5.18. The van der Waals surface area contributed by atoms with Crippen LogP contribution in [0.15, 0.2) is 48.8 Å². The van der Waals surface area contributed by atoms with E-state index in [1.165, 1.54) is 17.1 Å². The number of carbonyl (C=O) groups is 1. The van der Waals surface area contributed by atoms with E-state index in [9.17, 15) is 9.18 Å². The second-order valence-electron chi connectivity index (χ2n) is 6.57. The van der Waals surface area contributed by atoms with Crippen molar-refractivity contribution in [2.45, 2.75) is 6.54 Å². The van der Waals surface area contributed by atoms with Crippen LogP contribution in [0.1, 0.15) is 15.9 Å². The molecule has 1 aromatic heterocycles. The second-order valence-corrected chi connectivity index (χ2v) is 6.98. The van der Waals surface area contributed by atoms with E-state index in [0.29, 0.717) is 48.9 Å². The number of hydrogen-bond acceptors (Lipinski definition) is 5. The topological polar surface area (TPSA) is 67.2 Å². The first-order chi connectivity index (χ1) is 13.6. The Morgan fingerprint density at radius 1 is 1.07 bits per heavy atom. The quantitative estimate of drug-likeness (QED) is 0.672. The van der Waals surface area contributed by atoms with Gasteiger partial charge in [-0.25, -0.2) is 9.07 Å². The predicted molar refractivity (Wildman–Crippen MR) is 102 cm³/mol. The van der Waals surface area contributed by atoms with E-state index in [0.717, 1.165) is 5.69 Å². The average Bonchev–Trinajstić information content (AvgIpc) is 3.26. The highest BCUT2D eigenvalue weighted by molar-refractivity contribution is 6.31. The number of rotatable bonds is 4. The van der Waals surface area contributed by atoms with Gasteiger partial charge in [0.05, 0.1) is 5.69 Å². The van der Waals surface area contributed by atoms with E-state index in [2.05, 4.69) is 20.4 Å². The van der Waals surface area contributed by atoms with Crippen molar-refractivity contribution < 1.29 is 9.18 Å². The van der Waals surface area contributed by atoms with Crippen LogP contribution in [0.25, 0.3) is 5.69 Å². The summed E-state index contributed by atoms with van der Waals surface area (Å²) in [4.78, 5) is 16.7. The molecule has 0 bridgehead atoms. The highest BCUT2D eigenvalue weighted by Crippen LogP contribution is 2.21. The lowest BCUT2D eigenvalue weighted by molar-refractivity contribution is 0.0627. The molecule has 0 N–H and O–H groups in total. The van der Waals surface area contributed by atoms with E-state index in [-0.39, 0.29) is 11.7 Å². The molecule has 1 fully saturated rings. The summed E-state index contributed by atoms with van der Waals surface area (Å²) in [6.45, 7) is 2.94. The third-order valence-electron chi connectivity index (χ3n) is 4.83. The van der Waals surface area contributed by atoms with Crippen molar-refractivity contribution in [3.63, 3.8) is 0 Å². The van der Waals surface area contributed by atoms with Gasteiger partial charge in [-0.1, -0.05) is 17.7 Å². The molecular formula is C19H18ClFN6O. The van der Waals surface area contributed by atoms with Crippen LogP contribution in [-0.2, 0) is 6.54 Å². The van der Waals surface area contributed by atoms with Crippen LogP contribution >= 0.6 is 11.6 Å². The summed E-state index contributed by atoms with van der Waals surface area (Å²) in [7, 11) is 0. The van der Waals surface area contributed by atoms with Gasteiger partial charge >= 0.3 is 0 Å². The van der Waals surface area contributed by atoms with Crippen LogP contribution in [0.2, 0.25) is 5.02 Å². The maximum absolute atomic E-state index is 14.0. The summed E-state index contributed by atoms with van der Waals surface area (Å²) in [5.41, 5.74) is 1.90. The number of aromatic nitrogens is 4. The van der Waals surface area contributed by atoms with Gasteiger partial charge in [-0.2, -0.15) is 0 Å². The molecule has 0 unspecified atom stereocenters. The summed E-state index contributed by atoms with van der Waals surface area (Å²) in [5, 5.41) is 11.5. The van der Waals surface area contributed by atoms with Gasteiger partial charge in [-0.3, -0.25) is 9.69 Å². The molecule has 1 saturated heterocycles. The standard InChI is InChI=1S/C19H18ClFN6O/c20-17-2-1-3-18(21)16(17)12-25-8-10-26(11-9-25)19(28)14-4-6-15(7-5-14)27-13-22-23-24-27/h1-7,13H,8-12H2. The van der Waals surface area contributed by atoms with Crippen molar-refractivity contribution in [2.24, 2.45) is 0 Å². The van der Waals surface area contributed by atoms with Crippen LogP contribution in [0.3, 0.4) is 0 Å². The van der Waals surface area contributed by atoms with Gasteiger partial charge in [-0.05, 0) is 46.8 Å². The van der Waals surface area contributed by atoms with E-state index in [4.69, 9.17) is 11.6 Å². The molecule has 7 nitrogen and oxygen atoms in total. The largest absolute Gasteiger partial charge is 0.336 e. The summed E-state index contributed by atoms with van der Waals surface area (Å²) in [6.07, 6.45) is 1.50. The molecular weight excluding hydrogens is 383 g/mol. The number of halogens is 2. The molecule has 1 amide bonds. The first-order valence-electron chi connectivity index (χ1n) is 8.90. The van der Waals surface area contributed by atoms with Crippen LogP contribution < -0.4 is 0 Å². The number of tetrazole rings is 1. The minimum atomic E-state index is -0.298. The molecule has 3 aromatic rings. The molecule has 0 spiro atoms. The van der Waals surface area contributed by atoms with Crippen molar-refractivity contribution in [3.05, 3.63) is 70.8 Å². The summed E-state index contributed by atoms with van der Waals surface area (Å²) in [5.74, 6) is -0.319. The zero-order valence-electron chi connectivity index (χ0n) is 15.0. The Balaban J connectivity index is 1.36. The van der Waals surface area contributed by atoms with E-state index >= 15 is 0 Å². The van der Waals surface area contributed by atoms with Gasteiger partial charge in [0.15, 0.2) is 0 Å². The van der Waals surface area contributed by atoms with Crippen molar-refractivity contribution in [3.8, 4) is 5.69 Å². The number of amides is 1. The molecule has 0 atom stereocenters. The predicted octanol–water partition coefficient (Wildman–Crippen LogP) is 2.41. The van der Waals surface area contributed by atoms with Gasteiger partial charge in [0.2, 0.25) is 0 Å².